The molecule has 3 aromatic rings. The number of amides is 1. The van der Waals surface area contributed by atoms with Gasteiger partial charge in [0.25, 0.3) is 0 Å². The first-order valence-electron chi connectivity index (χ1n) is 8.93. The third-order valence-corrected chi connectivity index (χ3v) is 4.11. The van der Waals surface area contributed by atoms with E-state index in [0.29, 0.717) is 13.2 Å². The van der Waals surface area contributed by atoms with Gasteiger partial charge < -0.3 is 19.5 Å². The van der Waals surface area contributed by atoms with Crippen molar-refractivity contribution in [3.63, 3.8) is 0 Å². The lowest BCUT2D eigenvalue weighted by molar-refractivity contribution is 0.171. The molecule has 0 atom stereocenters. The molecule has 0 bridgehead atoms. The molecule has 5 nitrogen and oxygen atoms in total. The molecule has 0 saturated heterocycles. The molecule has 0 spiro atoms. The first-order valence-corrected chi connectivity index (χ1v) is 8.93. The van der Waals surface area contributed by atoms with E-state index in [4.69, 9.17) is 9.47 Å². The number of carbonyl (C=O) groups excluding carboxylic acids is 1. The van der Waals surface area contributed by atoms with Crippen molar-refractivity contribution in [2.45, 2.75) is 13.3 Å². The highest BCUT2D eigenvalue weighted by Gasteiger charge is 2.03. The topological polar surface area (TPSA) is 56.8 Å². The number of methoxy groups -OCH3 is 1. The number of alkyl carbamates (subject to hydrolysis) is 1. The molecule has 140 valence electrons. The standard InChI is InChI=1S/C22H23NO4/c1-3-26-19-8-10-20(11-9-19)27-21-7-6-17-14-16(4-5-18(17)15-21)12-13-23-22(24)25-2/h4-11,14-15H,3,12-13H2,1-2H3,(H,23,24). The summed E-state index contributed by atoms with van der Waals surface area (Å²) in [5, 5.41) is 4.92. The van der Waals surface area contributed by atoms with Crippen LogP contribution >= 0.6 is 0 Å². The second kappa shape index (κ2) is 8.94. The smallest absolute Gasteiger partial charge is 0.406 e. The third-order valence-electron chi connectivity index (χ3n) is 4.11. The van der Waals surface area contributed by atoms with Crippen molar-refractivity contribution in [3.8, 4) is 17.2 Å². The monoisotopic (exact) mass is 365 g/mol. The molecule has 0 heterocycles. The Kier molecular flexibility index (Phi) is 6.15. The van der Waals surface area contributed by atoms with Crippen LogP contribution in [0.15, 0.2) is 60.7 Å². The van der Waals surface area contributed by atoms with Crippen LogP contribution in [0.25, 0.3) is 10.8 Å². The molecular weight excluding hydrogens is 342 g/mol. The molecule has 0 aliphatic heterocycles. The number of carbonyl (C=O) groups is 1. The van der Waals surface area contributed by atoms with Crippen molar-refractivity contribution < 1.29 is 19.0 Å². The van der Waals surface area contributed by atoms with Crippen LogP contribution in [0.4, 0.5) is 4.79 Å². The van der Waals surface area contributed by atoms with Crippen molar-refractivity contribution in [1.29, 1.82) is 0 Å². The SMILES string of the molecule is CCOc1ccc(Oc2ccc3cc(CCNC(=O)OC)ccc3c2)cc1. The van der Waals surface area contributed by atoms with Crippen molar-refractivity contribution >= 4 is 16.9 Å². The summed E-state index contributed by atoms with van der Waals surface area (Å²) in [6, 6.07) is 19.8. The van der Waals surface area contributed by atoms with Gasteiger partial charge in [0.1, 0.15) is 17.2 Å². The summed E-state index contributed by atoms with van der Waals surface area (Å²) in [7, 11) is 1.36. The summed E-state index contributed by atoms with van der Waals surface area (Å²) in [6.07, 6.45) is 0.335. The Balaban J connectivity index is 1.66. The van der Waals surface area contributed by atoms with Gasteiger partial charge in [-0.25, -0.2) is 4.79 Å². The Labute approximate surface area is 158 Å². The van der Waals surface area contributed by atoms with Crippen molar-refractivity contribution in [3.05, 3.63) is 66.2 Å². The van der Waals surface area contributed by atoms with E-state index in [1.165, 1.54) is 7.11 Å². The van der Waals surface area contributed by atoms with Gasteiger partial charge in [-0.3, -0.25) is 0 Å². The summed E-state index contributed by atoms with van der Waals surface area (Å²) in [4.78, 5) is 11.1. The van der Waals surface area contributed by atoms with Crippen LogP contribution in [0.1, 0.15) is 12.5 Å². The molecule has 3 rings (SSSR count). The highest BCUT2D eigenvalue weighted by atomic mass is 16.5. The van der Waals surface area contributed by atoms with E-state index >= 15 is 0 Å². The maximum atomic E-state index is 11.1. The molecule has 27 heavy (non-hydrogen) atoms. The minimum atomic E-state index is -0.410. The van der Waals surface area contributed by atoms with Crippen LogP contribution in [0.5, 0.6) is 17.2 Å². The van der Waals surface area contributed by atoms with Crippen molar-refractivity contribution in [2.75, 3.05) is 20.3 Å². The Morgan fingerprint density at radius 1 is 0.889 bits per heavy atom. The number of hydrogen-bond donors (Lipinski definition) is 1. The van der Waals surface area contributed by atoms with E-state index in [0.717, 1.165) is 40.0 Å². The zero-order valence-corrected chi connectivity index (χ0v) is 15.5. The summed E-state index contributed by atoms with van der Waals surface area (Å²) < 4.78 is 15.9. The number of fused-ring (bicyclic) bond motifs is 1. The zero-order valence-electron chi connectivity index (χ0n) is 15.5. The quantitative estimate of drug-likeness (QED) is 0.645. The fourth-order valence-electron chi connectivity index (χ4n) is 2.78. The van der Waals surface area contributed by atoms with Gasteiger partial charge in [0.15, 0.2) is 0 Å². The van der Waals surface area contributed by atoms with Gasteiger partial charge in [0.05, 0.1) is 13.7 Å². The maximum absolute atomic E-state index is 11.1. The van der Waals surface area contributed by atoms with Gasteiger partial charge >= 0.3 is 6.09 Å². The second-order valence-corrected chi connectivity index (χ2v) is 6.02. The summed E-state index contributed by atoms with van der Waals surface area (Å²) in [5.74, 6) is 2.38. The van der Waals surface area contributed by atoms with Gasteiger partial charge in [-0.05, 0) is 66.1 Å². The predicted octanol–water partition coefficient (Wildman–Crippen LogP) is 4.93. The summed E-state index contributed by atoms with van der Waals surface area (Å²) >= 11 is 0. The largest absolute Gasteiger partial charge is 0.494 e. The van der Waals surface area contributed by atoms with Gasteiger partial charge in [-0.1, -0.05) is 24.3 Å². The van der Waals surface area contributed by atoms with Crippen LogP contribution < -0.4 is 14.8 Å². The molecular formula is C22H23NO4. The fourth-order valence-corrected chi connectivity index (χ4v) is 2.78. The lowest BCUT2D eigenvalue weighted by atomic mass is 10.0. The molecule has 0 aromatic heterocycles. The highest BCUT2D eigenvalue weighted by Crippen LogP contribution is 2.27. The van der Waals surface area contributed by atoms with E-state index in [1.807, 2.05) is 49.4 Å². The van der Waals surface area contributed by atoms with Crippen molar-refractivity contribution in [1.82, 2.24) is 5.32 Å². The first-order chi connectivity index (χ1) is 13.2. The van der Waals surface area contributed by atoms with E-state index < -0.39 is 6.09 Å². The van der Waals surface area contributed by atoms with Gasteiger partial charge in [-0.15, -0.1) is 0 Å². The molecule has 0 fully saturated rings. The Morgan fingerprint density at radius 2 is 1.56 bits per heavy atom. The van der Waals surface area contributed by atoms with E-state index in [9.17, 15) is 4.79 Å². The van der Waals surface area contributed by atoms with Gasteiger partial charge in [0.2, 0.25) is 0 Å². The van der Waals surface area contributed by atoms with E-state index in [-0.39, 0.29) is 0 Å². The molecule has 0 saturated carbocycles. The Morgan fingerprint density at radius 3 is 2.30 bits per heavy atom. The molecule has 0 radical (unpaired) electrons. The molecule has 0 aliphatic carbocycles. The van der Waals surface area contributed by atoms with Crippen LogP contribution in [0.3, 0.4) is 0 Å². The minimum Gasteiger partial charge on any atom is -0.494 e. The van der Waals surface area contributed by atoms with Crippen LogP contribution in [-0.2, 0) is 11.2 Å². The lowest BCUT2D eigenvalue weighted by Crippen LogP contribution is -2.25. The van der Waals surface area contributed by atoms with Crippen LogP contribution in [-0.4, -0.2) is 26.4 Å². The Bertz CT molecular complexity index is 906. The molecule has 1 N–H and O–H groups in total. The predicted molar refractivity (Wildman–Crippen MR) is 106 cm³/mol. The maximum Gasteiger partial charge on any atom is 0.406 e. The van der Waals surface area contributed by atoms with Crippen LogP contribution in [0.2, 0.25) is 0 Å². The highest BCUT2D eigenvalue weighted by molar-refractivity contribution is 5.84. The minimum absolute atomic E-state index is 0.410. The van der Waals surface area contributed by atoms with Crippen molar-refractivity contribution in [2.24, 2.45) is 0 Å². The number of ether oxygens (including phenoxy) is 3. The average Bonchev–Trinajstić information content (AvgIpc) is 2.69. The molecule has 3 aromatic carbocycles. The first kappa shape index (κ1) is 18.6. The molecule has 5 heteroatoms. The number of hydrogen-bond acceptors (Lipinski definition) is 4. The third kappa shape index (κ3) is 5.14. The molecule has 0 aliphatic rings. The van der Waals surface area contributed by atoms with Gasteiger partial charge in [0, 0.05) is 6.54 Å². The molecule has 0 unspecified atom stereocenters. The van der Waals surface area contributed by atoms with E-state index in [1.54, 1.807) is 0 Å². The summed E-state index contributed by atoms with van der Waals surface area (Å²) in [5.41, 5.74) is 1.15. The Hall–Kier alpha value is -3.21. The van der Waals surface area contributed by atoms with E-state index in [2.05, 4.69) is 28.3 Å². The number of benzene rings is 3. The molecule has 1 amide bonds. The average molecular weight is 365 g/mol. The number of nitrogens with one attached hydrogen (secondary N) is 1. The number of rotatable bonds is 7. The zero-order chi connectivity index (χ0) is 19.1. The van der Waals surface area contributed by atoms with Gasteiger partial charge in [-0.2, -0.15) is 0 Å². The van der Waals surface area contributed by atoms with Crippen LogP contribution in [0, 0.1) is 0 Å². The lowest BCUT2D eigenvalue weighted by Gasteiger charge is -2.09. The second-order valence-electron chi connectivity index (χ2n) is 6.02. The summed E-state index contributed by atoms with van der Waals surface area (Å²) in [6.45, 7) is 3.14. The fraction of sp³-hybridized carbons (Fsp3) is 0.227. The normalized spacial score (nSPS) is 10.4.